The van der Waals surface area contributed by atoms with Crippen molar-refractivity contribution >= 4 is 32.7 Å². The number of hydrogen-bond acceptors (Lipinski definition) is 4. The Kier molecular flexibility index (Phi) is 2.68. The molecule has 16 heavy (non-hydrogen) atoms. The summed E-state index contributed by atoms with van der Waals surface area (Å²) in [5.41, 5.74) is 0.831. The van der Waals surface area contributed by atoms with E-state index in [4.69, 9.17) is 5.11 Å². The predicted molar refractivity (Wildman–Crippen MR) is 59.1 cm³/mol. The Morgan fingerprint density at radius 1 is 1.31 bits per heavy atom. The van der Waals surface area contributed by atoms with Crippen molar-refractivity contribution in [3.8, 4) is 11.5 Å². The van der Waals surface area contributed by atoms with Gasteiger partial charge in [0.25, 0.3) is 0 Å². The first kappa shape index (κ1) is 10.7. The van der Waals surface area contributed by atoms with E-state index in [1.165, 1.54) is 18.2 Å². The van der Waals surface area contributed by atoms with Gasteiger partial charge in [0.15, 0.2) is 0 Å². The molecular formula is C10H7N2O3Se. The summed E-state index contributed by atoms with van der Waals surface area (Å²) in [7, 11) is 0. The summed E-state index contributed by atoms with van der Waals surface area (Å²) >= 11 is 2.59. The maximum atomic E-state index is 11.3. The van der Waals surface area contributed by atoms with Gasteiger partial charge in [-0.25, -0.2) is 0 Å². The summed E-state index contributed by atoms with van der Waals surface area (Å²) in [6.45, 7) is 0. The third-order valence-corrected chi connectivity index (χ3v) is 2.38. The van der Waals surface area contributed by atoms with Crippen LogP contribution >= 0.6 is 0 Å². The zero-order chi connectivity index (χ0) is 11.7. The first-order valence-corrected chi connectivity index (χ1v) is 5.22. The fourth-order valence-corrected chi connectivity index (χ4v) is 1.64. The van der Waals surface area contributed by atoms with E-state index in [9.17, 15) is 9.90 Å². The summed E-state index contributed by atoms with van der Waals surface area (Å²) in [6.07, 6.45) is 1.51. The SMILES string of the molecule is O=C1NC([Se])=NC1=Cc1ccc(O)c(O)c1. The summed E-state index contributed by atoms with van der Waals surface area (Å²) in [6, 6.07) is 4.27. The van der Waals surface area contributed by atoms with Crippen LogP contribution in [0.1, 0.15) is 5.56 Å². The summed E-state index contributed by atoms with van der Waals surface area (Å²) in [4.78, 5) is 15.2. The third-order valence-electron chi connectivity index (χ3n) is 1.98. The Balaban J connectivity index is 2.36. The van der Waals surface area contributed by atoms with Crippen molar-refractivity contribution in [1.82, 2.24) is 5.32 Å². The van der Waals surface area contributed by atoms with Gasteiger partial charge in [0.1, 0.15) is 0 Å². The predicted octanol–water partition coefficient (Wildman–Crippen LogP) is 0.0930. The molecule has 1 heterocycles. The number of aromatic hydroxyl groups is 2. The van der Waals surface area contributed by atoms with E-state index in [1.54, 1.807) is 6.07 Å². The van der Waals surface area contributed by atoms with Crippen LogP contribution in [0.2, 0.25) is 0 Å². The van der Waals surface area contributed by atoms with Crippen molar-refractivity contribution < 1.29 is 15.0 Å². The number of aliphatic imine (C=N–C) groups is 1. The minimum atomic E-state index is -0.304. The summed E-state index contributed by atoms with van der Waals surface area (Å²) < 4.78 is 0.416. The Hall–Kier alpha value is -1.78. The molecule has 0 saturated carbocycles. The molecule has 3 N–H and O–H groups in total. The van der Waals surface area contributed by atoms with Gasteiger partial charge in [0.05, 0.1) is 0 Å². The fourth-order valence-electron chi connectivity index (χ4n) is 1.24. The number of rotatable bonds is 1. The van der Waals surface area contributed by atoms with E-state index in [2.05, 4.69) is 26.3 Å². The number of benzene rings is 1. The van der Waals surface area contributed by atoms with Crippen molar-refractivity contribution in [2.75, 3.05) is 0 Å². The first-order valence-electron chi connectivity index (χ1n) is 4.37. The van der Waals surface area contributed by atoms with Crippen LogP contribution in [0.3, 0.4) is 0 Å². The van der Waals surface area contributed by atoms with Gasteiger partial charge >= 0.3 is 99.0 Å². The van der Waals surface area contributed by atoms with Crippen molar-refractivity contribution in [3.05, 3.63) is 29.5 Å². The number of nitrogens with zero attached hydrogens (tertiary/aromatic N) is 1. The van der Waals surface area contributed by atoms with Crippen LogP contribution in [0.15, 0.2) is 28.9 Å². The second-order valence-electron chi connectivity index (χ2n) is 3.15. The first-order chi connectivity index (χ1) is 7.56. The van der Waals surface area contributed by atoms with Gasteiger partial charge in [-0.05, 0) is 0 Å². The molecular weight excluding hydrogens is 275 g/mol. The molecule has 0 spiro atoms. The molecule has 1 radical (unpaired) electrons. The molecule has 0 aromatic heterocycles. The van der Waals surface area contributed by atoms with Crippen LogP contribution in [0, 0.1) is 0 Å². The zero-order valence-electron chi connectivity index (χ0n) is 7.97. The number of amidine groups is 1. The monoisotopic (exact) mass is 283 g/mol. The van der Waals surface area contributed by atoms with E-state index in [-0.39, 0.29) is 23.1 Å². The van der Waals surface area contributed by atoms with Gasteiger partial charge in [-0.1, -0.05) is 0 Å². The van der Waals surface area contributed by atoms with Gasteiger partial charge < -0.3 is 0 Å². The number of phenolic OH excluding ortho intramolecular Hbond substituents is 2. The molecule has 1 aromatic rings. The van der Waals surface area contributed by atoms with Crippen LogP contribution in [-0.2, 0) is 4.79 Å². The van der Waals surface area contributed by atoms with E-state index >= 15 is 0 Å². The normalized spacial score (nSPS) is 17.4. The average molecular weight is 282 g/mol. The molecule has 2 rings (SSSR count). The molecule has 6 heteroatoms. The number of phenols is 2. The average Bonchev–Trinajstić information content (AvgIpc) is 2.51. The maximum absolute atomic E-state index is 11.3. The van der Waals surface area contributed by atoms with Gasteiger partial charge in [0.2, 0.25) is 0 Å². The Labute approximate surface area is 99.3 Å². The van der Waals surface area contributed by atoms with Crippen LogP contribution in [0.5, 0.6) is 11.5 Å². The van der Waals surface area contributed by atoms with Gasteiger partial charge in [-0.3, -0.25) is 0 Å². The van der Waals surface area contributed by atoms with E-state index in [0.717, 1.165) is 0 Å². The van der Waals surface area contributed by atoms with Gasteiger partial charge in [0, 0.05) is 0 Å². The minimum absolute atomic E-state index is 0.203. The summed E-state index contributed by atoms with van der Waals surface area (Å²) in [5, 5.41) is 20.9. The van der Waals surface area contributed by atoms with Crippen LogP contribution in [0.25, 0.3) is 6.08 Å². The quantitative estimate of drug-likeness (QED) is 0.388. The van der Waals surface area contributed by atoms with Crippen LogP contribution in [-0.4, -0.2) is 36.9 Å². The molecule has 0 unspecified atom stereocenters. The molecule has 1 amide bonds. The molecule has 0 bridgehead atoms. The fraction of sp³-hybridized carbons (Fsp3) is 0. The third kappa shape index (κ3) is 2.08. The topological polar surface area (TPSA) is 81.9 Å². The Bertz CT molecular complexity index is 523. The van der Waals surface area contributed by atoms with Crippen molar-refractivity contribution in [2.24, 2.45) is 4.99 Å². The molecule has 0 atom stereocenters. The Morgan fingerprint density at radius 3 is 2.62 bits per heavy atom. The molecule has 0 saturated heterocycles. The standard InChI is InChI=1S/C10H7N2O3Se/c13-7-2-1-5(4-8(7)14)3-6-9(15)12-10(16)11-6/h1-4,13-14H,(H,11,12,15). The van der Waals surface area contributed by atoms with Crippen molar-refractivity contribution in [2.45, 2.75) is 0 Å². The van der Waals surface area contributed by atoms with E-state index < -0.39 is 0 Å². The zero-order valence-corrected chi connectivity index (χ0v) is 9.68. The second kappa shape index (κ2) is 4.00. The number of carbonyl (C=O) groups is 1. The summed E-state index contributed by atoms with van der Waals surface area (Å²) in [5.74, 6) is -0.743. The molecule has 1 aliphatic rings. The second-order valence-corrected chi connectivity index (χ2v) is 3.96. The molecule has 0 fully saturated rings. The number of amides is 1. The van der Waals surface area contributed by atoms with Crippen LogP contribution in [0.4, 0.5) is 0 Å². The molecule has 1 aliphatic heterocycles. The number of nitrogens with one attached hydrogen (secondary N) is 1. The van der Waals surface area contributed by atoms with E-state index in [0.29, 0.717) is 10.3 Å². The number of carbonyl (C=O) groups excluding carboxylic acids is 1. The molecule has 1 aromatic carbocycles. The van der Waals surface area contributed by atoms with Crippen LogP contribution < -0.4 is 5.32 Å². The van der Waals surface area contributed by atoms with Gasteiger partial charge in [-0.15, -0.1) is 0 Å². The van der Waals surface area contributed by atoms with E-state index in [1.807, 2.05) is 0 Å². The molecule has 81 valence electrons. The molecule has 5 nitrogen and oxygen atoms in total. The molecule has 0 aliphatic carbocycles. The van der Waals surface area contributed by atoms with Crippen molar-refractivity contribution in [3.63, 3.8) is 0 Å². The Morgan fingerprint density at radius 2 is 2.06 bits per heavy atom. The number of hydrogen-bond donors (Lipinski definition) is 3. The van der Waals surface area contributed by atoms with Gasteiger partial charge in [-0.2, -0.15) is 0 Å². The van der Waals surface area contributed by atoms with Crippen molar-refractivity contribution in [1.29, 1.82) is 0 Å².